The molecule has 3 nitrogen and oxygen atoms in total. The van der Waals surface area contributed by atoms with Gasteiger partial charge in [-0.3, -0.25) is 0 Å². The highest BCUT2D eigenvalue weighted by Gasteiger charge is 2.12. The van der Waals surface area contributed by atoms with Crippen molar-refractivity contribution in [3.05, 3.63) is 24.2 Å². The van der Waals surface area contributed by atoms with Crippen LogP contribution in [0, 0.1) is 5.92 Å². The van der Waals surface area contributed by atoms with Crippen LogP contribution in [0.4, 0.5) is 0 Å². The Kier molecular flexibility index (Phi) is 5.08. The van der Waals surface area contributed by atoms with Gasteiger partial charge in [0.15, 0.2) is 0 Å². The lowest BCUT2D eigenvalue weighted by atomic mass is 9.93. The molecule has 0 radical (unpaired) electrons. The second-order valence-electron chi connectivity index (χ2n) is 5.20. The number of furan rings is 1. The van der Waals surface area contributed by atoms with Crippen LogP contribution in [0.25, 0.3) is 0 Å². The molecule has 1 aliphatic rings. The zero-order chi connectivity index (χ0) is 11.9. The Morgan fingerprint density at radius 3 is 2.94 bits per heavy atom. The fourth-order valence-corrected chi connectivity index (χ4v) is 2.59. The lowest BCUT2D eigenvalue weighted by Crippen LogP contribution is -2.28. The Morgan fingerprint density at radius 2 is 2.24 bits per heavy atom. The van der Waals surface area contributed by atoms with Crippen LogP contribution in [0.5, 0.6) is 0 Å². The van der Waals surface area contributed by atoms with Crippen LogP contribution in [-0.4, -0.2) is 31.6 Å². The lowest BCUT2D eigenvalue weighted by molar-refractivity contribution is 0.285. The molecule has 0 atom stereocenters. The lowest BCUT2D eigenvalue weighted by Gasteiger charge is -2.23. The Hall–Kier alpha value is -0.800. The first-order valence-electron chi connectivity index (χ1n) is 6.75. The molecule has 2 heterocycles. The Labute approximate surface area is 104 Å². The van der Waals surface area contributed by atoms with Gasteiger partial charge >= 0.3 is 0 Å². The molecule has 0 bridgehead atoms. The third-order valence-electron chi connectivity index (χ3n) is 3.64. The van der Waals surface area contributed by atoms with Gasteiger partial charge in [0.2, 0.25) is 0 Å². The minimum atomic E-state index is 0.957. The van der Waals surface area contributed by atoms with E-state index in [0.717, 1.165) is 12.5 Å². The maximum atomic E-state index is 5.08. The monoisotopic (exact) mass is 236 g/mol. The van der Waals surface area contributed by atoms with E-state index in [2.05, 4.69) is 17.3 Å². The largest absolute Gasteiger partial charge is 0.472 e. The molecule has 1 N–H and O–H groups in total. The fraction of sp³-hybridized carbons (Fsp3) is 0.714. The SMILES string of the molecule is CN(CCCC1CCNCC1)Cc1ccoc1. The normalized spacial score (nSPS) is 17.8. The van der Waals surface area contributed by atoms with Gasteiger partial charge < -0.3 is 14.6 Å². The molecule has 0 amide bonds. The third-order valence-corrected chi connectivity index (χ3v) is 3.64. The van der Waals surface area contributed by atoms with Crippen LogP contribution >= 0.6 is 0 Å². The third kappa shape index (κ3) is 4.52. The topological polar surface area (TPSA) is 28.4 Å². The summed E-state index contributed by atoms with van der Waals surface area (Å²) in [6.07, 6.45) is 9.02. The van der Waals surface area contributed by atoms with Crippen LogP contribution in [-0.2, 0) is 6.54 Å². The highest BCUT2D eigenvalue weighted by molar-refractivity contribution is 5.04. The molecule has 96 valence electrons. The van der Waals surface area contributed by atoms with Crippen LogP contribution in [0.1, 0.15) is 31.2 Å². The molecule has 0 spiro atoms. The number of rotatable bonds is 6. The fourth-order valence-electron chi connectivity index (χ4n) is 2.59. The average molecular weight is 236 g/mol. The smallest absolute Gasteiger partial charge is 0.0947 e. The Balaban J connectivity index is 1.58. The quantitative estimate of drug-likeness (QED) is 0.822. The van der Waals surface area contributed by atoms with Gasteiger partial charge in [0.05, 0.1) is 12.5 Å². The van der Waals surface area contributed by atoms with E-state index in [0.29, 0.717) is 0 Å². The van der Waals surface area contributed by atoms with Gasteiger partial charge in [0.1, 0.15) is 0 Å². The number of piperidine rings is 1. The van der Waals surface area contributed by atoms with Crippen LogP contribution < -0.4 is 5.32 Å². The first-order chi connectivity index (χ1) is 8.34. The minimum absolute atomic E-state index is 0.957. The maximum Gasteiger partial charge on any atom is 0.0947 e. The molecule has 1 fully saturated rings. The van der Waals surface area contributed by atoms with Crippen LogP contribution in [0.15, 0.2) is 23.0 Å². The molecule has 0 saturated carbocycles. The summed E-state index contributed by atoms with van der Waals surface area (Å²) in [4.78, 5) is 2.38. The Bertz CT molecular complexity index is 291. The first-order valence-corrected chi connectivity index (χ1v) is 6.75. The van der Waals surface area contributed by atoms with Gasteiger partial charge in [0, 0.05) is 12.1 Å². The van der Waals surface area contributed by atoms with Crippen molar-refractivity contribution < 1.29 is 4.42 Å². The molecular weight excluding hydrogens is 212 g/mol. The van der Waals surface area contributed by atoms with E-state index >= 15 is 0 Å². The zero-order valence-corrected chi connectivity index (χ0v) is 10.8. The molecule has 1 aromatic rings. The van der Waals surface area contributed by atoms with E-state index in [1.165, 1.54) is 50.9 Å². The molecule has 3 heteroatoms. The van der Waals surface area contributed by atoms with Crippen molar-refractivity contribution in [1.82, 2.24) is 10.2 Å². The van der Waals surface area contributed by atoms with E-state index in [1.807, 2.05) is 12.3 Å². The van der Waals surface area contributed by atoms with Gasteiger partial charge in [-0.15, -0.1) is 0 Å². The van der Waals surface area contributed by atoms with E-state index in [1.54, 1.807) is 6.26 Å². The molecule has 1 aliphatic heterocycles. The summed E-state index contributed by atoms with van der Waals surface area (Å²) >= 11 is 0. The van der Waals surface area contributed by atoms with E-state index in [-0.39, 0.29) is 0 Å². The van der Waals surface area contributed by atoms with Crippen molar-refractivity contribution in [2.45, 2.75) is 32.2 Å². The highest BCUT2D eigenvalue weighted by Crippen LogP contribution is 2.18. The summed E-state index contributed by atoms with van der Waals surface area (Å²) in [5, 5.41) is 3.42. The second kappa shape index (κ2) is 6.82. The van der Waals surface area contributed by atoms with Crippen molar-refractivity contribution >= 4 is 0 Å². The zero-order valence-electron chi connectivity index (χ0n) is 10.8. The molecule has 0 aliphatic carbocycles. The molecule has 2 rings (SSSR count). The first kappa shape index (κ1) is 12.7. The molecule has 17 heavy (non-hydrogen) atoms. The number of nitrogens with one attached hydrogen (secondary N) is 1. The predicted octanol–water partition coefficient (Wildman–Crippen LogP) is 2.49. The second-order valence-corrected chi connectivity index (χ2v) is 5.20. The minimum Gasteiger partial charge on any atom is -0.472 e. The molecule has 0 aromatic carbocycles. The van der Waals surface area contributed by atoms with Crippen molar-refractivity contribution in [3.63, 3.8) is 0 Å². The van der Waals surface area contributed by atoms with Gasteiger partial charge in [-0.1, -0.05) is 0 Å². The molecular formula is C14H24N2O. The van der Waals surface area contributed by atoms with E-state index in [9.17, 15) is 0 Å². The number of hydrogen-bond acceptors (Lipinski definition) is 3. The van der Waals surface area contributed by atoms with Crippen molar-refractivity contribution in [2.75, 3.05) is 26.7 Å². The molecule has 0 unspecified atom stereocenters. The standard InChI is InChI=1S/C14H24N2O/c1-16(11-14-6-10-17-12-14)9-2-3-13-4-7-15-8-5-13/h6,10,12-13,15H,2-5,7-9,11H2,1H3. The van der Waals surface area contributed by atoms with E-state index in [4.69, 9.17) is 4.42 Å². The van der Waals surface area contributed by atoms with Gasteiger partial charge in [0.25, 0.3) is 0 Å². The number of hydrogen-bond donors (Lipinski definition) is 1. The Morgan fingerprint density at radius 1 is 1.41 bits per heavy atom. The van der Waals surface area contributed by atoms with Crippen molar-refractivity contribution in [2.24, 2.45) is 5.92 Å². The van der Waals surface area contributed by atoms with E-state index < -0.39 is 0 Å². The van der Waals surface area contributed by atoms with Crippen molar-refractivity contribution in [1.29, 1.82) is 0 Å². The summed E-state index contributed by atoms with van der Waals surface area (Å²) in [5.74, 6) is 0.957. The summed E-state index contributed by atoms with van der Waals surface area (Å²) in [6, 6.07) is 2.04. The predicted molar refractivity (Wildman–Crippen MR) is 69.9 cm³/mol. The average Bonchev–Trinajstić information content (AvgIpc) is 2.83. The summed E-state index contributed by atoms with van der Waals surface area (Å²) < 4.78 is 5.08. The van der Waals surface area contributed by atoms with Crippen LogP contribution in [0.2, 0.25) is 0 Å². The molecule has 1 saturated heterocycles. The molecule has 1 aromatic heterocycles. The van der Waals surface area contributed by atoms with Crippen LogP contribution in [0.3, 0.4) is 0 Å². The van der Waals surface area contributed by atoms with Gasteiger partial charge in [-0.25, -0.2) is 0 Å². The van der Waals surface area contributed by atoms with Crippen molar-refractivity contribution in [3.8, 4) is 0 Å². The summed E-state index contributed by atoms with van der Waals surface area (Å²) in [5.41, 5.74) is 1.27. The van der Waals surface area contributed by atoms with Gasteiger partial charge in [-0.05, 0) is 64.3 Å². The maximum absolute atomic E-state index is 5.08. The van der Waals surface area contributed by atoms with Gasteiger partial charge in [-0.2, -0.15) is 0 Å². The summed E-state index contributed by atoms with van der Waals surface area (Å²) in [6.45, 7) is 4.63. The number of nitrogens with zero attached hydrogens (tertiary/aromatic N) is 1. The summed E-state index contributed by atoms with van der Waals surface area (Å²) in [7, 11) is 2.19. The highest BCUT2D eigenvalue weighted by atomic mass is 16.3.